The molecule has 0 radical (unpaired) electrons. The van der Waals surface area contributed by atoms with E-state index in [1.165, 1.54) is 12.7 Å². The van der Waals surface area contributed by atoms with Crippen LogP contribution >= 0.6 is 0 Å². The third-order valence-electron chi connectivity index (χ3n) is 6.24. The van der Waals surface area contributed by atoms with Gasteiger partial charge in [0.2, 0.25) is 5.91 Å². The maximum absolute atomic E-state index is 12.4. The molecule has 4 atom stereocenters. The Hall–Kier alpha value is -2.08. The van der Waals surface area contributed by atoms with Gasteiger partial charge in [0.25, 0.3) is 0 Å². The second kappa shape index (κ2) is 9.16. The number of aliphatic hydroxyl groups is 1. The number of likely N-dealkylation sites (tertiary alicyclic amines) is 1. The molecule has 2 aliphatic rings. The lowest BCUT2D eigenvalue weighted by Crippen LogP contribution is -2.42. The number of ether oxygens (including phenoxy) is 2. The van der Waals surface area contributed by atoms with Gasteiger partial charge in [0.1, 0.15) is 11.9 Å². The van der Waals surface area contributed by atoms with E-state index in [-0.39, 0.29) is 36.7 Å². The minimum absolute atomic E-state index is 0.0167. The summed E-state index contributed by atoms with van der Waals surface area (Å²) in [5, 5.41) is 10.7. The summed E-state index contributed by atoms with van der Waals surface area (Å²) < 4.78 is 10.8. The first-order chi connectivity index (χ1) is 13.8. The maximum Gasteiger partial charge on any atom is 0.306 e. The van der Waals surface area contributed by atoms with Crippen LogP contribution in [0.15, 0.2) is 18.2 Å². The number of esters is 1. The van der Waals surface area contributed by atoms with Crippen LogP contribution in [-0.4, -0.2) is 54.3 Å². The summed E-state index contributed by atoms with van der Waals surface area (Å²) in [6.45, 7) is 7.69. The van der Waals surface area contributed by atoms with E-state index >= 15 is 0 Å². The van der Waals surface area contributed by atoms with E-state index in [0.29, 0.717) is 31.3 Å². The van der Waals surface area contributed by atoms with Gasteiger partial charge in [-0.3, -0.25) is 9.59 Å². The second-order valence-electron chi connectivity index (χ2n) is 8.82. The number of fused-ring (bicyclic) bond motifs is 1. The molecule has 1 N–H and O–H groups in total. The highest BCUT2D eigenvalue weighted by Gasteiger charge is 2.43. The SMILES string of the molecule is COC(=O)CCC(=O)N1C[C@H]2C[C@@H](Oc3cc(C)cc(C(C)C)c3)[C@H](O)C[C@H]2C1. The van der Waals surface area contributed by atoms with Gasteiger partial charge in [-0.1, -0.05) is 19.9 Å². The van der Waals surface area contributed by atoms with E-state index in [4.69, 9.17) is 4.74 Å². The number of hydrogen-bond donors (Lipinski definition) is 1. The Morgan fingerprint density at radius 1 is 1.14 bits per heavy atom. The summed E-state index contributed by atoms with van der Waals surface area (Å²) >= 11 is 0. The molecule has 0 bridgehead atoms. The third kappa shape index (κ3) is 5.30. The molecule has 1 saturated carbocycles. The Morgan fingerprint density at radius 2 is 1.83 bits per heavy atom. The molecule has 0 aromatic heterocycles. The van der Waals surface area contributed by atoms with Crippen LogP contribution in [0.3, 0.4) is 0 Å². The van der Waals surface area contributed by atoms with Gasteiger partial charge in [0, 0.05) is 19.5 Å². The van der Waals surface area contributed by atoms with Crippen molar-refractivity contribution in [2.75, 3.05) is 20.2 Å². The van der Waals surface area contributed by atoms with Gasteiger partial charge >= 0.3 is 5.97 Å². The zero-order chi connectivity index (χ0) is 21.1. The van der Waals surface area contributed by atoms with Crippen molar-refractivity contribution in [3.8, 4) is 5.75 Å². The highest BCUT2D eigenvalue weighted by atomic mass is 16.5. The number of amides is 1. The van der Waals surface area contributed by atoms with Crippen LogP contribution in [0, 0.1) is 18.8 Å². The lowest BCUT2D eigenvalue weighted by atomic mass is 9.78. The summed E-state index contributed by atoms with van der Waals surface area (Å²) in [5.74, 6) is 1.45. The predicted octanol–water partition coefficient (Wildman–Crippen LogP) is 3.05. The molecule has 3 rings (SSSR count). The molecule has 1 heterocycles. The highest BCUT2D eigenvalue weighted by Crippen LogP contribution is 2.38. The van der Waals surface area contributed by atoms with Crippen LogP contribution < -0.4 is 4.74 Å². The van der Waals surface area contributed by atoms with Crippen LogP contribution in [0.1, 0.15) is 56.6 Å². The Morgan fingerprint density at radius 3 is 2.48 bits per heavy atom. The van der Waals surface area contributed by atoms with Gasteiger partial charge in [0.05, 0.1) is 19.6 Å². The number of aliphatic hydroxyl groups excluding tert-OH is 1. The average Bonchev–Trinajstić information content (AvgIpc) is 3.08. The van der Waals surface area contributed by atoms with E-state index in [9.17, 15) is 14.7 Å². The van der Waals surface area contributed by atoms with Gasteiger partial charge < -0.3 is 19.5 Å². The van der Waals surface area contributed by atoms with Gasteiger partial charge in [0.15, 0.2) is 0 Å². The standard InChI is InChI=1S/C23H33NO5/c1-14(2)16-7-15(3)8-19(9-16)29-21-11-18-13-24(12-17(18)10-20(21)25)22(26)5-6-23(27)28-4/h7-9,14,17-18,20-21,25H,5-6,10-13H2,1-4H3/t17-,18+,20+,21+/m0/s1. The molecule has 0 spiro atoms. The van der Waals surface area contributed by atoms with Crippen molar-refractivity contribution in [3.05, 3.63) is 29.3 Å². The minimum atomic E-state index is -0.538. The summed E-state index contributed by atoms with van der Waals surface area (Å²) in [5.41, 5.74) is 2.38. The first-order valence-corrected chi connectivity index (χ1v) is 10.6. The van der Waals surface area contributed by atoms with Crippen molar-refractivity contribution in [2.24, 2.45) is 11.8 Å². The Labute approximate surface area is 173 Å². The summed E-state index contributed by atoms with van der Waals surface area (Å²) in [4.78, 5) is 25.5. The minimum Gasteiger partial charge on any atom is -0.488 e. The molecule has 1 amide bonds. The molecule has 1 aliphatic carbocycles. The van der Waals surface area contributed by atoms with Crippen molar-refractivity contribution in [2.45, 2.75) is 64.6 Å². The predicted molar refractivity (Wildman–Crippen MR) is 110 cm³/mol. The second-order valence-corrected chi connectivity index (χ2v) is 8.82. The van der Waals surface area contributed by atoms with Crippen molar-refractivity contribution >= 4 is 11.9 Å². The summed E-state index contributed by atoms with van der Waals surface area (Å²) in [7, 11) is 1.33. The molecular weight excluding hydrogens is 370 g/mol. The highest BCUT2D eigenvalue weighted by molar-refractivity contribution is 5.81. The van der Waals surface area contributed by atoms with Gasteiger partial charge in [-0.15, -0.1) is 0 Å². The van der Waals surface area contributed by atoms with Crippen LogP contribution in [0.2, 0.25) is 0 Å². The molecule has 6 heteroatoms. The monoisotopic (exact) mass is 403 g/mol. The number of methoxy groups -OCH3 is 1. The van der Waals surface area contributed by atoms with Crippen LogP contribution in [-0.2, 0) is 14.3 Å². The summed E-state index contributed by atoms with van der Waals surface area (Å²) in [6.07, 6.45) is 0.862. The first-order valence-electron chi connectivity index (χ1n) is 10.6. The summed E-state index contributed by atoms with van der Waals surface area (Å²) in [6, 6.07) is 6.25. The number of hydrogen-bond acceptors (Lipinski definition) is 5. The molecule has 160 valence electrons. The molecule has 1 aromatic carbocycles. The van der Waals surface area contributed by atoms with Crippen molar-refractivity contribution in [1.29, 1.82) is 0 Å². The lowest BCUT2D eigenvalue weighted by Gasteiger charge is -2.35. The number of aryl methyl sites for hydroxylation is 1. The van der Waals surface area contributed by atoms with Crippen molar-refractivity contribution in [3.63, 3.8) is 0 Å². The van der Waals surface area contributed by atoms with E-state index in [0.717, 1.165) is 17.7 Å². The molecule has 1 saturated heterocycles. The Balaban J connectivity index is 1.60. The van der Waals surface area contributed by atoms with Crippen LogP contribution in [0.4, 0.5) is 0 Å². The average molecular weight is 404 g/mol. The number of carbonyl (C=O) groups is 2. The number of carbonyl (C=O) groups excluding carboxylic acids is 2. The molecule has 0 unspecified atom stereocenters. The fraction of sp³-hybridized carbons (Fsp3) is 0.652. The number of nitrogens with zero attached hydrogens (tertiary/aromatic N) is 1. The zero-order valence-corrected chi connectivity index (χ0v) is 17.9. The van der Waals surface area contributed by atoms with E-state index in [1.807, 2.05) is 11.0 Å². The first kappa shape index (κ1) is 21.6. The fourth-order valence-electron chi connectivity index (χ4n) is 4.54. The molecular formula is C23H33NO5. The van der Waals surface area contributed by atoms with Crippen LogP contribution in [0.25, 0.3) is 0 Å². The smallest absolute Gasteiger partial charge is 0.306 e. The van der Waals surface area contributed by atoms with E-state index in [1.54, 1.807) is 0 Å². The quantitative estimate of drug-likeness (QED) is 0.739. The molecule has 2 fully saturated rings. The lowest BCUT2D eigenvalue weighted by molar-refractivity contribution is -0.143. The van der Waals surface area contributed by atoms with Crippen LogP contribution in [0.5, 0.6) is 5.75 Å². The Bertz CT molecular complexity index is 747. The van der Waals surface area contributed by atoms with E-state index in [2.05, 4.69) is 37.6 Å². The van der Waals surface area contributed by atoms with Gasteiger partial charge in [-0.2, -0.15) is 0 Å². The van der Waals surface area contributed by atoms with Gasteiger partial charge in [-0.25, -0.2) is 0 Å². The number of rotatable bonds is 6. The molecule has 29 heavy (non-hydrogen) atoms. The zero-order valence-electron chi connectivity index (χ0n) is 17.9. The maximum atomic E-state index is 12.4. The normalized spacial score (nSPS) is 26.3. The van der Waals surface area contributed by atoms with Gasteiger partial charge in [-0.05, 0) is 60.8 Å². The third-order valence-corrected chi connectivity index (χ3v) is 6.24. The molecule has 6 nitrogen and oxygen atoms in total. The molecule has 1 aromatic rings. The fourth-order valence-corrected chi connectivity index (χ4v) is 4.54. The topological polar surface area (TPSA) is 76.1 Å². The van der Waals surface area contributed by atoms with Crippen molar-refractivity contribution < 1.29 is 24.2 Å². The molecule has 1 aliphatic heterocycles. The van der Waals surface area contributed by atoms with E-state index < -0.39 is 6.10 Å². The largest absolute Gasteiger partial charge is 0.488 e. The Kier molecular flexibility index (Phi) is 6.83. The van der Waals surface area contributed by atoms with Crippen molar-refractivity contribution in [1.82, 2.24) is 4.90 Å². The number of benzene rings is 1.